The average molecular weight is 926 g/mol. The van der Waals surface area contributed by atoms with E-state index in [9.17, 15) is 0 Å². The van der Waals surface area contributed by atoms with Crippen molar-refractivity contribution in [3.63, 3.8) is 0 Å². The van der Waals surface area contributed by atoms with Crippen LogP contribution in [0.4, 0.5) is 0 Å². The molecule has 0 aliphatic carbocycles. The Morgan fingerprint density at radius 3 is 1.01 bits per heavy atom. The van der Waals surface area contributed by atoms with Crippen molar-refractivity contribution in [3.05, 3.63) is 285 Å². The Bertz CT molecular complexity index is 3790. The summed E-state index contributed by atoms with van der Waals surface area (Å²) in [5.41, 5.74) is 6.57. The molecule has 0 saturated carbocycles. The predicted octanol–water partition coefficient (Wildman–Crippen LogP) is 10.0. The highest BCUT2D eigenvalue weighted by Gasteiger charge is 2.43. The second kappa shape index (κ2) is 17.2. The molecule has 0 bridgehead atoms. The summed E-state index contributed by atoms with van der Waals surface area (Å²) in [5, 5.41) is 15.3. The first-order valence-electron chi connectivity index (χ1n) is 24.1. The number of benzene rings is 10. The van der Waals surface area contributed by atoms with Crippen LogP contribution in [0.25, 0.3) is 55.1 Å². The predicted molar refractivity (Wildman–Crippen MR) is 300 cm³/mol. The number of hydrogen-bond acceptors (Lipinski definition) is 1. The third-order valence-corrected chi connectivity index (χ3v) is 24.2. The molecule has 10 aromatic carbocycles. The zero-order valence-electron chi connectivity index (χ0n) is 38.5. The van der Waals surface area contributed by atoms with Gasteiger partial charge in [-0.2, -0.15) is 0 Å². The third kappa shape index (κ3) is 6.36. The van der Waals surface area contributed by atoms with Crippen LogP contribution in [-0.4, -0.2) is 30.3 Å². The molecule has 0 fully saturated rings. The molecule has 13 aromatic rings. The Balaban J connectivity index is 1.09. The van der Waals surface area contributed by atoms with Crippen molar-refractivity contribution in [3.8, 4) is 11.4 Å². The lowest BCUT2D eigenvalue weighted by molar-refractivity contribution is 1.14. The Morgan fingerprint density at radius 1 is 0.271 bits per heavy atom. The van der Waals surface area contributed by atoms with Crippen LogP contribution in [0, 0.1) is 0 Å². The molecule has 330 valence electrons. The smallest absolute Gasteiger partial charge is 0.179 e. The summed E-state index contributed by atoms with van der Waals surface area (Å²) < 4.78 is 4.92. The van der Waals surface area contributed by atoms with Crippen LogP contribution in [0.15, 0.2) is 285 Å². The summed E-state index contributed by atoms with van der Waals surface area (Å²) in [5.74, 6) is 0. The first kappa shape index (κ1) is 41.6. The first-order chi connectivity index (χ1) is 34.8. The van der Waals surface area contributed by atoms with Gasteiger partial charge in [-0.25, -0.2) is 4.98 Å². The summed E-state index contributed by atoms with van der Waals surface area (Å²) >= 11 is 0. The van der Waals surface area contributed by atoms with E-state index in [1.54, 1.807) is 0 Å². The standard InChI is InChI=1S/C65H47N3Si2/c1-7-27-50(28-8-1)69(51-29-9-2-10-30-51,52-31-11-3-12-32-52)56-39-23-25-48(45-56)67-61-43-21-19-41-58(61)60-47-66-65-63(64(60)67)59-42-20-22-44-62(59)68(65)49-26-24-40-57(46-49)70(53-33-13-4-14-34-53,54-35-15-5-16-36-54)55-37-17-6-18-38-55/h1-47H. The summed E-state index contributed by atoms with van der Waals surface area (Å²) in [6, 6.07) is 104. The van der Waals surface area contributed by atoms with Crippen LogP contribution in [0.5, 0.6) is 0 Å². The molecule has 3 aromatic heterocycles. The normalized spacial score (nSPS) is 12.0. The molecule has 0 N–H and O–H groups in total. The molecule has 0 atom stereocenters. The van der Waals surface area contributed by atoms with Gasteiger partial charge in [0.15, 0.2) is 16.1 Å². The van der Waals surface area contributed by atoms with Crippen LogP contribution >= 0.6 is 0 Å². The number of pyridine rings is 1. The zero-order chi connectivity index (χ0) is 46.5. The minimum absolute atomic E-state index is 0.930. The number of hydrogen-bond donors (Lipinski definition) is 0. The number of rotatable bonds is 10. The van der Waals surface area contributed by atoms with Gasteiger partial charge in [0.2, 0.25) is 0 Å². The average Bonchev–Trinajstić information content (AvgIpc) is 3.97. The molecule has 0 aliphatic heterocycles. The number of fused-ring (bicyclic) bond motifs is 7. The fourth-order valence-electron chi connectivity index (χ4n) is 11.8. The molecule has 0 aliphatic rings. The summed E-state index contributed by atoms with van der Waals surface area (Å²) in [4.78, 5) is 5.49. The molecule has 70 heavy (non-hydrogen) atoms. The Morgan fingerprint density at radius 2 is 0.600 bits per heavy atom. The van der Waals surface area contributed by atoms with Crippen LogP contribution in [0.3, 0.4) is 0 Å². The molecule has 13 rings (SSSR count). The number of nitrogens with zero attached hydrogens (tertiary/aromatic N) is 3. The van der Waals surface area contributed by atoms with Crippen LogP contribution < -0.4 is 41.5 Å². The van der Waals surface area contributed by atoms with Gasteiger partial charge in [-0.1, -0.05) is 243 Å². The van der Waals surface area contributed by atoms with E-state index in [1.807, 2.05) is 0 Å². The van der Waals surface area contributed by atoms with Crippen molar-refractivity contribution in [1.82, 2.24) is 14.1 Å². The van der Waals surface area contributed by atoms with E-state index >= 15 is 0 Å². The Labute approximate surface area is 409 Å². The van der Waals surface area contributed by atoms with E-state index in [0.717, 1.165) is 44.3 Å². The van der Waals surface area contributed by atoms with E-state index < -0.39 is 16.1 Å². The maximum Gasteiger partial charge on any atom is 0.179 e. The van der Waals surface area contributed by atoms with Gasteiger partial charge >= 0.3 is 0 Å². The van der Waals surface area contributed by atoms with Gasteiger partial charge in [0.1, 0.15) is 5.65 Å². The summed E-state index contributed by atoms with van der Waals surface area (Å²) in [6.45, 7) is 0. The van der Waals surface area contributed by atoms with Crippen molar-refractivity contribution in [2.24, 2.45) is 0 Å². The second-order valence-electron chi connectivity index (χ2n) is 18.2. The maximum atomic E-state index is 5.49. The third-order valence-electron chi connectivity index (χ3n) is 14.6. The lowest BCUT2D eigenvalue weighted by atomic mass is 10.1. The van der Waals surface area contributed by atoms with Crippen molar-refractivity contribution in [2.45, 2.75) is 0 Å². The molecule has 0 amide bonds. The van der Waals surface area contributed by atoms with Crippen molar-refractivity contribution in [1.29, 1.82) is 0 Å². The van der Waals surface area contributed by atoms with Crippen molar-refractivity contribution in [2.75, 3.05) is 0 Å². The minimum atomic E-state index is -2.84. The van der Waals surface area contributed by atoms with Gasteiger partial charge in [-0.05, 0) is 77.9 Å². The zero-order valence-corrected chi connectivity index (χ0v) is 40.5. The summed E-state index contributed by atoms with van der Waals surface area (Å²) in [6.07, 6.45) is 2.12. The first-order valence-corrected chi connectivity index (χ1v) is 28.1. The van der Waals surface area contributed by atoms with Crippen LogP contribution in [-0.2, 0) is 0 Å². The lowest BCUT2D eigenvalue weighted by Gasteiger charge is -2.34. The quantitative estimate of drug-likeness (QED) is 0.0990. The highest BCUT2D eigenvalue weighted by molar-refractivity contribution is 7.20. The van der Waals surface area contributed by atoms with E-state index in [2.05, 4.69) is 294 Å². The van der Waals surface area contributed by atoms with Gasteiger partial charge in [-0.15, -0.1) is 0 Å². The minimum Gasteiger partial charge on any atom is -0.308 e. The van der Waals surface area contributed by atoms with Gasteiger partial charge in [-0.3, -0.25) is 4.57 Å². The molecule has 0 spiro atoms. The summed E-state index contributed by atoms with van der Waals surface area (Å²) in [7, 11) is -5.66. The molecule has 3 heterocycles. The van der Waals surface area contributed by atoms with E-state index in [1.165, 1.54) is 52.3 Å². The fraction of sp³-hybridized carbons (Fsp3) is 0. The Hall–Kier alpha value is -8.62. The van der Waals surface area contributed by atoms with Gasteiger partial charge in [0.25, 0.3) is 0 Å². The Kier molecular flexibility index (Phi) is 10.2. The lowest BCUT2D eigenvalue weighted by Crippen LogP contribution is -2.74. The van der Waals surface area contributed by atoms with Crippen molar-refractivity contribution < 1.29 is 0 Å². The molecule has 3 nitrogen and oxygen atoms in total. The topological polar surface area (TPSA) is 22.8 Å². The molecular weight excluding hydrogens is 879 g/mol. The molecule has 0 unspecified atom stereocenters. The fourth-order valence-corrected chi connectivity index (χ4v) is 21.3. The monoisotopic (exact) mass is 925 g/mol. The number of aromatic nitrogens is 3. The second-order valence-corrected chi connectivity index (χ2v) is 25.8. The van der Waals surface area contributed by atoms with Gasteiger partial charge in [0, 0.05) is 33.7 Å². The van der Waals surface area contributed by atoms with Crippen LogP contribution in [0.1, 0.15) is 0 Å². The van der Waals surface area contributed by atoms with Gasteiger partial charge in [0.05, 0.1) is 21.9 Å². The van der Waals surface area contributed by atoms with Gasteiger partial charge < -0.3 is 4.57 Å². The SMILES string of the molecule is c1ccc([Si](c2ccccc2)(c2ccccc2)c2cccc(-n3c4ccccc4c4c3ncc3c5ccccc5n(-c5cccc([Si](c6ccccc6)(c6ccccc6)c6ccccc6)c5)c34)c2)cc1. The number of para-hydroxylation sites is 2. The van der Waals surface area contributed by atoms with Crippen molar-refractivity contribution >= 4 is 101 Å². The largest absolute Gasteiger partial charge is 0.308 e. The molecule has 0 saturated heterocycles. The highest BCUT2D eigenvalue weighted by atomic mass is 28.3. The molecule has 0 radical (unpaired) electrons. The van der Waals surface area contributed by atoms with E-state index in [-0.39, 0.29) is 0 Å². The molecule has 5 heteroatoms. The van der Waals surface area contributed by atoms with E-state index in [4.69, 9.17) is 4.98 Å². The van der Waals surface area contributed by atoms with E-state index in [0.29, 0.717) is 0 Å². The highest BCUT2D eigenvalue weighted by Crippen LogP contribution is 2.41. The van der Waals surface area contributed by atoms with Crippen LogP contribution in [0.2, 0.25) is 0 Å². The maximum absolute atomic E-state index is 5.49. The molecular formula is C65H47N3Si2.